The van der Waals surface area contributed by atoms with Gasteiger partial charge in [0.15, 0.2) is 0 Å². The molecule has 0 aliphatic heterocycles. The van der Waals surface area contributed by atoms with Crippen molar-refractivity contribution < 1.29 is 4.55 Å². The maximum absolute atomic E-state index is 12.5. The fourth-order valence-corrected chi connectivity index (χ4v) is 3.40. The van der Waals surface area contributed by atoms with Crippen molar-refractivity contribution in [3.63, 3.8) is 0 Å². The summed E-state index contributed by atoms with van der Waals surface area (Å²) in [5.41, 5.74) is 3.87. The van der Waals surface area contributed by atoms with Crippen LogP contribution in [0.25, 0.3) is 22.2 Å². The van der Waals surface area contributed by atoms with E-state index >= 15 is 0 Å². The summed E-state index contributed by atoms with van der Waals surface area (Å²) in [5, 5.41) is 1.48. The molecule has 3 rings (SSSR count). The summed E-state index contributed by atoms with van der Waals surface area (Å²) in [7, 11) is 0. The molecule has 0 aliphatic carbocycles. The lowest BCUT2D eigenvalue weighted by Crippen LogP contribution is -2.26. The second-order valence-electron chi connectivity index (χ2n) is 6.94. The number of para-hydroxylation sites is 1. The van der Waals surface area contributed by atoms with Crippen LogP contribution in [0, 0.1) is 0 Å². The summed E-state index contributed by atoms with van der Waals surface area (Å²) >= 11 is 4.97. The van der Waals surface area contributed by atoms with Crippen molar-refractivity contribution >= 4 is 39.6 Å². The maximum Gasteiger partial charge on any atom is 0.144 e. The van der Waals surface area contributed by atoms with Gasteiger partial charge in [0.1, 0.15) is 16.1 Å². The van der Waals surface area contributed by atoms with Crippen molar-refractivity contribution in [2.24, 2.45) is 4.40 Å². The summed E-state index contributed by atoms with van der Waals surface area (Å²) in [4.78, 5) is 9.02. The predicted molar refractivity (Wildman–Crippen MR) is 110 cm³/mol. The third-order valence-electron chi connectivity index (χ3n) is 3.90. The largest absolute Gasteiger partial charge is 0.591 e. The average Bonchev–Trinajstić information content (AvgIpc) is 2.61. The molecule has 0 saturated carbocycles. The smallest absolute Gasteiger partial charge is 0.144 e. The zero-order valence-corrected chi connectivity index (χ0v) is 16.7. The van der Waals surface area contributed by atoms with E-state index in [1.807, 2.05) is 64.1 Å². The standard InChI is InChI=1S/C20H20ClN3OS/c1-13(24-26(25)20(2,3)4)15-12-23-19-14(8-7-9-16(19)21)18(15)17-10-5-6-11-22-17/h5-12H,1-4H3. The van der Waals surface area contributed by atoms with E-state index in [2.05, 4.69) is 14.4 Å². The summed E-state index contributed by atoms with van der Waals surface area (Å²) < 4.78 is 16.5. The van der Waals surface area contributed by atoms with E-state index in [0.29, 0.717) is 16.3 Å². The van der Waals surface area contributed by atoms with Crippen LogP contribution in [0.3, 0.4) is 0 Å². The van der Waals surface area contributed by atoms with E-state index in [4.69, 9.17) is 11.6 Å². The highest BCUT2D eigenvalue weighted by molar-refractivity contribution is 7.91. The average molecular weight is 386 g/mol. The highest BCUT2D eigenvalue weighted by Gasteiger charge is 2.27. The van der Waals surface area contributed by atoms with Gasteiger partial charge >= 0.3 is 0 Å². The summed E-state index contributed by atoms with van der Waals surface area (Å²) in [6.07, 6.45) is 3.48. The first-order chi connectivity index (χ1) is 12.3. The molecule has 0 spiro atoms. The lowest BCUT2D eigenvalue weighted by atomic mass is 9.98. The highest BCUT2D eigenvalue weighted by atomic mass is 35.5. The van der Waals surface area contributed by atoms with Gasteiger partial charge in [-0.2, -0.15) is 0 Å². The van der Waals surface area contributed by atoms with E-state index in [1.54, 1.807) is 12.4 Å². The van der Waals surface area contributed by atoms with Crippen molar-refractivity contribution in [3.05, 3.63) is 59.4 Å². The molecule has 0 aliphatic rings. The zero-order valence-electron chi connectivity index (χ0n) is 15.2. The third-order valence-corrected chi connectivity index (χ3v) is 5.70. The molecule has 1 aromatic carbocycles. The van der Waals surface area contributed by atoms with Crippen molar-refractivity contribution in [1.29, 1.82) is 0 Å². The number of fused-ring (bicyclic) bond motifs is 1. The van der Waals surface area contributed by atoms with Crippen LogP contribution in [0.2, 0.25) is 5.02 Å². The molecule has 134 valence electrons. The van der Waals surface area contributed by atoms with Gasteiger partial charge in [0.05, 0.1) is 21.9 Å². The van der Waals surface area contributed by atoms with Crippen molar-refractivity contribution in [3.8, 4) is 11.3 Å². The number of rotatable bonds is 3. The Morgan fingerprint density at radius 3 is 2.54 bits per heavy atom. The van der Waals surface area contributed by atoms with Crippen molar-refractivity contribution in [2.45, 2.75) is 32.4 Å². The minimum atomic E-state index is -1.36. The molecule has 0 amide bonds. The van der Waals surface area contributed by atoms with Crippen LogP contribution in [-0.2, 0) is 11.4 Å². The molecule has 0 saturated heterocycles. The normalized spacial score (nSPS) is 13.8. The van der Waals surface area contributed by atoms with Gasteiger partial charge in [-0.15, -0.1) is 0 Å². The number of aromatic nitrogens is 2. The Kier molecular flexibility index (Phi) is 5.32. The zero-order chi connectivity index (χ0) is 18.9. The Morgan fingerprint density at radius 2 is 1.88 bits per heavy atom. The Hall–Kier alpha value is -1.95. The topological polar surface area (TPSA) is 61.2 Å². The van der Waals surface area contributed by atoms with Crippen LogP contribution in [0.4, 0.5) is 0 Å². The van der Waals surface area contributed by atoms with Gasteiger partial charge in [-0.05, 0) is 45.9 Å². The fourth-order valence-electron chi connectivity index (χ4n) is 2.56. The number of benzene rings is 1. The van der Waals surface area contributed by atoms with Gasteiger partial charge < -0.3 is 4.55 Å². The number of hydrogen-bond donors (Lipinski definition) is 0. The molecule has 1 atom stereocenters. The lowest BCUT2D eigenvalue weighted by Gasteiger charge is -2.19. The Labute approximate surface area is 161 Å². The number of pyridine rings is 2. The molecule has 0 bridgehead atoms. The number of halogens is 1. The molecule has 2 heterocycles. The van der Waals surface area contributed by atoms with E-state index in [0.717, 1.165) is 22.2 Å². The van der Waals surface area contributed by atoms with Crippen LogP contribution in [0.15, 0.2) is 53.2 Å². The SMILES string of the molecule is CC(=N[S+]([O-])C(C)(C)C)c1cnc2c(Cl)cccc2c1-c1ccccn1. The lowest BCUT2D eigenvalue weighted by molar-refractivity contribution is 0.561. The number of nitrogens with zero attached hydrogens (tertiary/aromatic N) is 3. The van der Waals surface area contributed by atoms with E-state index in [9.17, 15) is 4.55 Å². The van der Waals surface area contributed by atoms with Crippen LogP contribution in [0.5, 0.6) is 0 Å². The summed E-state index contributed by atoms with van der Waals surface area (Å²) in [5.74, 6) is 0. The summed E-state index contributed by atoms with van der Waals surface area (Å²) in [6, 6.07) is 11.4. The van der Waals surface area contributed by atoms with Crippen LogP contribution < -0.4 is 0 Å². The molecular weight excluding hydrogens is 366 g/mol. The van der Waals surface area contributed by atoms with E-state index < -0.39 is 16.1 Å². The van der Waals surface area contributed by atoms with Gasteiger partial charge in [0, 0.05) is 28.9 Å². The molecule has 0 radical (unpaired) electrons. The molecule has 4 nitrogen and oxygen atoms in total. The minimum Gasteiger partial charge on any atom is -0.591 e. The Morgan fingerprint density at radius 1 is 1.12 bits per heavy atom. The first kappa shape index (κ1) is 18.8. The third kappa shape index (κ3) is 3.75. The van der Waals surface area contributed by atoms with Crippen LogP contribution >= 0.6 is 11.6 Å². The Balaban J connectivity index is 2.28. The second kappa shape index (κ2) is 7.35. The van der Waals surface area contributed by atoms with Crippen LogP contribution in [-0.4, -0.2) is 25.0 Å². The van der Waals surface area contributed by atoms with Crippen molar-refractivity contribution in [2.75, 3.05) is 0 Å². The highest BCUT2D eigenvalue weighted by Crippen LogP contribution is 2.33. The van der Waals surface area contributed by atoms with Gasteiger partial charge in [0.2, 0.25) is 0 Å². The molecule has 2 aromatic heterocycles. The monoisotopic (exact) mass is 385 g/mol. The summed E-state index contributed by atoms with van der Waals surface area (Å²) in [6.45, 7) is 7.55. The van der Waals surface area contributed by atoms with E-state index in [1.165, 1.54) is 0 Å². The maximum atomic E-state index is 12.5. The van der Waals surface area contributed by atoms with Crippen molar-refractivity contribution in [1.82, 2.24) is 9.97 Å². The molecule has 0 fully saturated rings. The molecule has 3 aromatic rings. The molecule has 0 N–H and O–H groups in total. The minimum absolute atomic E-state index is 0.431. The Bertz CT molecular complexity index is 968. The van der Waals surface area contributed by atoms with Gasteiger partial charge in [-0.1, -0.05) is 34.2 Å². The van der Waals surface area contributed by atoms with Crippen LogP contribution in [0.1, 0.15) is 33.3 Å². The number of hydrogen-bond acceptors (Lipinski definition) is 4. The molecular formula is C20H20ClN3OS. The predicted octanol–water partition coefficient (Wildman–Crippen LogP) is 5.22. The van der Waals surface area contributed by atoms with Gasteiger partial charge in [0.25, 0.3) is 0 Å². The molecule has 1 unspecified atom stereocenters. The van der Waals surface area contributed by atoms with E-state index in [-0.39, 0.29) is 0 Å². The first-order valence-electron chi connectivity index (χ1n) is 8.25. The molecule has 26 heavy (non-hydrogen) atoms. The second-order valence-corrected chi connectivity index (χ2v) is 9.25. The quantitative estimate of drug-likeness (QED) is 0.458. The van der Waals surface area contributed by atoms with Gasteiger partial charge in [-0.25, -0.2) is 0 Å². The first-order valence-corrected chi connectivity index (χ1v) is 9.74. The fraction of sp³-hybridized carbons (Fsp3) is 0.250. The van der Waals surface area contributed by atoms with Gasteiger partial charge in [-0.3, -0.25) is 9.97 Å². The molecule has 6 heteroatoms.